The molecule has 0 aliphatic heterocycles. The fourth-order valence-electron chi connectivity index (χ4n) is 2.35. The van der Waals surface area contributed by atoms with Crippen molar-refractivity contribution >= 4 is 11.6 Å². The highest BCUT2D eigenvalue weighted by Gasteiger charge is 2.22. The monoisotopic (exact) mass is 311 g/mol. The summed E-state index contributed by atoms with van der Waals surface area (Å²) < 4.78 is 10.9. The van der Waals surface area contributed by atoms with Crippen molar-refractivity contribution in [3.8, 4) is 0 Å². The van der Waals surface area contributed by atoms with Crippen LogP contribution < -0.4 is 5.32 Å². The van der Waals surface area contributed by atoms with Crippen LogP contribution in [0.15, 0.2) is 24.3 Å². The van der Waals surface area contributed by atoms with Gasteiger partial charge in [0.15, 0.2) is 0 Å². The molecule has 3 nitrogen and oxygen atoms in total. The van der Waals surface area contributed by atoms with Crippen LogP contribution in [0.4, 0.5) is 0 Å². The number of rotatable bonds is 11. The van der Waals surface area contributed by atoms with Crippen LogP contribution in [0, 0.1) is 11.8 Å². The van der Waals surface area contributed by atoms with E-state index >= 15 is 0 Å². The molecule has 1 aliphatic rings. The van der Waals surface area contributed by atoms with E-state index in [0.29, 0.717) is 5.92 Å². The molecule has 21 heavy (non-hydrogen) atoms. The zero-order valence-corrected chi connectivity index (χ0v) is 13.6. The van der Waals surface area contributed by atoms with Gasteiger partial charge in [-0.05, 0) is 48.8 Å². The molecule has 1 unspecified atom stereocenters. The Balaban J connectivity index is 1.77. The Morgan fingerprint density at radius 2 is 2.24 bits per heavy atom. The molecule has 0 bridgehead atoms. The maximum absolute atomic E-state index is 6.06. The maximum atomic E-state index is 6.06. The lowest BCUT2D eigenvalue weighted by Gasteiger charge is -2.18. The van der Waals surface area contributed by atoms with Crippen LogP contribution in [-0.2, 0) is 15.9 Å². The molecule has 1 aromatic carbocycles. The van der Waals surface area contributed by atoms with Crippen molar-refractivity contribution in [2.75, 3.05) is 40.0 Å². The summed E-state index contributed by atoms with van der Waals surface area (Å²) in [5.41, 5.74) is 1.27. The number of methoxy groups -OCH3 is 1. The molecule has 0 amide bonds. The van der Waals surface area contributed by atoms with Crippen LogP contribution in [0.5, 0.6) is 0 Å². The predicted octanol–water partition coefficient (Wildman–Crippen LogP) is 3.16. The average molecular weight is 312 g/mol. The van der Waals surface area contributed by atoms with Crippen LogP contribution in [0.3, 0.4) is 0 Å². The molecule has 1 fully saturated rings. The molecule has 1 N–H and O–H groups in total. The SMILES string of the molecule is COCCNCC(COCC1CC1)Cc1cccc(Cl)c1. The third-order valence-electron chi connectivity index (χ3n) is 3.73. The lowest BCUT2D eigenvalue weighted by atomic mass is 10.00. The molecule has 0 heterocycles. The molecule has 118 valence electrons. The van der Waals surface area contributed by atoms with Crippen LogP contribution >= 0.6 is 11.6 Å². The minimum Gasteiger partial charge on any atom is -0.383 e. The second-order valence-electron chi connectivity index (χ2n) is 5.88. The summed E-state index contributed by atoms with van der Waals surface area (Å²) >= 11 is 6.06. The van der Waals surface area contributed by atoms with E-state index in [9.17, 15) is 0 Å². The summed E-state index contributed by atoms with van der Waals surface area (Å²) in [5.74, 6) is 1.29. The molecular weight excluding hydrogens is 286 g/mol. The maximum Gasteiger partial charge on any atom is 0.0587 e. The van der Waals surface area contributed by atoms with Crippen molar-refractivity contribution in [3.63, 3.8) is 0 Å². The van der Waals surface area contributed by atoms with Crippen LogP contribution in [0.25, 0.3) is 0 Å². The van der Waals surface area contributed by atoms with Gasteiger partial charge in [-0.1, -0.05) is 23.7 Å². The summed E-state index contributed by atoms with van der Waals surface area (Å²) in [5, 5.41) is 4.24. The van der Waals surface area contributed by atoms with Crippen LogP contribution in [0.2, 0.25) is 5.02 Å². The van der Waals surface area contributed by atoms with Crippen LogP contribution in [-0.4, -0.2) is 40.0 Å². The Labute approximate surface area is 133 Å². The molecule has 1 aliphatic carbocycles. The van der Waals surface area contributed by atoms with Crippen LogP contribution in [0.1, 0.15) is 18.4 Å². The zero-order chi connectivity index (χ0) is 14.9. The van der Waals surface area contributed by atoms with E-state index in [-0.39, 0.29) is 0 Å². The first-order valence-corrected chi connectivity index (χ1v) is 8.17. The lowest BCUT2D eigenvalue weighted by molar-refractivity contribution is 0.0898. The topological polar surface area (TPSA) is 30.5 Å². The highest BCUT2D eigenvalue weighted by Crippen LogP contribution is 2.29. The van der Waals surface area contributed by atoms with Gasteiger partial charge in [0.1, 0.15) is 0 Å². The van der Waals surface area contributed by atoms with Crippen molar-refractivity contribution in [1.29, 1.82) is 0 Å². The molecule has 0 spiro atoms. The van der Waals surface area contributed by atoms with E-state index in [1.807, 2.05) is 18.2 Å². The van der Waals surface area contributed by atoms with E-state index < -0.39 is 0 Å². The summed E-state index contributed by atoms with van der Waals surface area (Å²) in [6, 6.07) is 8.11. The second-order valence-corrected chi connectivity index (χ2v) is 6.31. The normalized spacial score (nSPS) is 16.1. The van der Waals surface area contributed by atoms with Gasteiger partial charge in [0, 0.05) is 31.8 Å². The fourth-order valence-corrected chi connectivity index (χ4v) is 2.57. The smallest absolute Gasteiger partial charge is 0.0587 e. The summed E-state index contributed by atoms with van der Waals surface area (Å²) in [7, 11) is 1.73. The van der Waals surface area contributed by atoms with Gasteiger partial charge in [-0.15, -0.1) is 0 Å². The number of hydrogen-bond donors (Lipinski definition) is 1. The Bertz CT molecular complexity index is 410. The Hall–Kier alpha value is -0.610. The average Bonchev–Trinajstić information content (AvgIpc) is 3.27. The number of benzene rings is 1. The first kappa shape index (κ1) is 16.8. The van der Waals surface area contributed by atoms with Crippen molar-refractivity contribution in [3.05, 3.63) is 34.9 Å². The second kappa shape index (κ2) is 9.42. The third kappa shape index (κ3) is 7.28. The first-order chi connectivity index (χ1) is 10.3. The Morgan fingerprint density at radius 1 is 1.38 bits per heavy atom. The van der Waals surface area contributed by atoms with Gasteiger partial charge < -0.3 is 14.8 Å². The molecule has 1 saturated carbocycles. The van der Waals surface area contributed by atoms with E-state index in [2.05, 4.69) is 11.4 Å². The van der Waals surface area contributed by atoms with E-state index in [0.717, 1.165) is 50.3 Å². The molecule has 1 aromatic rings. The number of nitrogens with one attached hydrogen (secondary N) is 1. The molecule has 1 atom stereocenters. The summed E-state index contributed by atoms with van der Waals surface area (Å²) in [4.78, 5) is 0. The minimum absolute atomic E-state index is 0.471. The molecular formula is C17H26ClNO2. The third-order valence-corrected chi connectivity index (χ3v) is 3.97. The first-order valence-electron chi connectivity index (χ1n) is 7.79. The quantitative estimate of drug-likeness (QED) is 0.637. The molecule has 4 heteroatoms. The van der Waals surface area contributed by atoms with Crippen molar-refractivity contribution < 1.29 is 9.47 Å². The van der Waals surface area contributed by atoms with Crippen molar-refractivity contribution in [2.24, 2.45) is 11.8 Å². The van der Waals surface area contributed by atoms with Crippen molar-refractivity contribution in [2.45, 2.75) is 19.3 Å². The fraction of sp³-hybridized carbons (Fsp3) is 0.647. The van der Waals surface area contributed by atoms with E-state index in [4.69, 9.17) is 21.1 Å². The van der Waals surface area contributed by atoms with Crippen molar-refractivity contribution in [1.82, 2.24) is 5.32 Å². The van der Waals surface area contributed by atoms with E-state index in [1.165, 1.54) is 18.4 Å². The molecule has 0 saturated heterocycles. The molecule has 0 aromatic heterocycles. The van der Waals surface area contributed by atoms with Gasteiger partial charge in [0.2, 0.25) is 0 Å². The predicted molar refractivity (Wildman–Crippen MR) is 86.9 cm³/mol. The number of ether oxygens (including phenoxy) is 2. The Kier molecular flexibility index (Phi) is 7.51. The largest absolute Gasteiger partial charge is 0.383 e. The standard InChI is InChI=1S/C17H26ClNO2/c1-20-8-7-19-11-16(13-21-12-14-5-6-14)9-15-3-2-4-17(18)10-15/h2-4,10,14,16,19H,5-9,11-13H2,1H3. The number of hydrogen-bond acceptors (Lipinski definition) is 3. The van der Waals surface area contributed by atoms with Gasteiger partial charge >= 0.3 is 0 Å². The van der Waals surface area contributed by atoms with E-state index in [1.54, 1.807) is 7.11 Å². The highest BCUT2D eigenvalue weighted by molar-refractivity contribution is 6.30. The highest BCUT2D eigenvalue weighted by atomic mass is 35.5. The van der Waals surface area contributed by atoms with Gasteiger partial charge in [-0.3, -0.25) is 0 Å². The number of halogens is 1. The summed E-state index contributed by atoms with van der Waals surface area (Å²) in [6.07, 6.45) is 3.67. The lowest BCUT2D eigenvalue weighted by Crippen LogP contribution is -2.30. The van der Waals surface area contributed by atoms with Gasteiger partial charge in [-0.25, -0.2) is 0 Å². The van der Waals surface area contributed by atoms with Gasteiger partial charge in [0.25, 0.3) is 0 Å². The van der Waals surface area contributed by atoms with Gasteiger partial charge in [0.05, 0.1) is 13.2 Å². The minimum atomic E-state index is 0.471. The zero-order valence-electron chi connectivity index (χ0n) is 12.8. The Morgan fingerprint density at radius 3 is 2.95 bits per heavy atom. The molecule has 2 rings (SSSR count). The molecule has 0 radical (unpaired) electrons. The van der Waals surface area contributed by atoms with Gasteiger partial charge in [-0.2, -0.15) is 0 Å². The summed E-state index contributed by atoms with van der Waals surface area (Å²) in [6.45, 7) is 4.30.